The second-order valence-electron chi connectivity index (χ2n) is 2.62. The molecule has 0 bridgehead atoms. The highest BCUT2D eigenvalue weighted by atomic mass is 32.1. The third-order valence-corrected chi connectivity index (χ3v) is 1.78. The molecule has 0 radical (unpaired) electrons. The van der Waals surface area contributed by atoms with Crippen molar-refractivity contribution in [3.05, 3.63) is 18.2 Å². The summed E-state index contributed by atoms with van der Waals surface area (Å²) in [4.78, 5) is 0. The van der Waals surface area contributed by atoms with Gasteiger partial charge in [0.05, 0.1) is 11.4 Å². The molecule has 0 aromatic heterocycles. The molecule has 68 valence electrons. The van der Waals surface area contributed by atoms with Gasteiger partial charge in [-0.25, -0.2) is 0 Å². The number of thiocarbonyl (C=S) groups is 1. The fourth-order valence-electron chi connectivity index (χ4n) is 1.14. The molecule has 0 atom stereocenters. The first kappa shape index (κ1) is 8.09. The molecule has 0 unspecified atom stereocenters. The molecule has 1 aliphatic rings. The van der Waals surface area contributed by atoms with Crippen LogP contribution in [0.25, 0.3) is 0 Å². The Morgan fingerprint density at radius 3 is 2.85 bits per heavy atom. The Kier molecular flexibility index (Phi) is 1.91. The molecule has 6 N–H and O–H groups in total. The van der Waals surface area contributed by atoms with Crippen molar-refractivity contribution in [3.8, 4) is 0 Å². The van der Waals surface area contributed by atoms with Gasteiger partial charge in [-0.05, 0) is 30.4 Å². The van der Waals surface area contributed by atoms with Gasteiger partial charge in [0.25, 0.3) is 0 Å². The van der Waals surface area contributed by atoms with Crippen molar-refractivity contribution in [1.29, 1.82) is 0 Å². The number of nitrogens with two attached hydrogens (primary N) is 1. The third-order valence-electron chi connectivity index (χ3n) is 1.68. The van der Waals surface area contributed by atoms with Crippen LogP contribution in [-0.2, 0) is 0 Å². The summed E-state index contributed by atoms with van der Waals surface area (Å²) in [5.41, 5.74) is 16.8. The van der Waals surface area contributed by atoms with Crippen molar-refractivity contribution in [2.24, 2.45) is 5.73 Å². The van der Waals surface area contributed by atoms with Crippen LogP contribution >= 0.6 is 12.2 Å². The second-order valence-corrected chi connectivity index (χ2v) is 3.06. The predicted octanol–water partition coefficient (Wildman–Crippen LogP) is 0.599. The van der Waals surface area contributed by atoms with Crippen molar-refractivity contribution >= 4 is 34.4 Å². The van der Waals surface area contributed by atoms with Gasteiger partial charge in [0.2, 0.25) is 0 Å². The zero-order chi connectivity index (χ0) is 9.26. The fraction of sp³-hybridized carbons (Fsp3) is 0. The van der Waals surface area contributed by atoms with Crippen molar-refractivity contribution in [2.45, 2.75) is 0 Å². The smallest absolute Gasteiger partial charge is 0.168 e. The number of benzene rings is 1. The van der Waals surface area contributed by atoms with Crippen LogP contribution in [0.2, 0.25) is 0 Å². The predicted molar refractivity (Wildman–Crippen MR) is 57.2 cm³/mol. The summed E-state index contributed by atoms with van der Waals surface area (Å²) in [5, 5.41) is 3.11. The lowest BCUT2D eigenvalue weighted by atomic mass is 10.2. The number of hydrogen-bond donors (Lipinski definition) is 5. The number of hydrogen-bond acceptors (Lipinski definition) is 4. The first-order valence-corrected chi connectivity index (χ1v) is 4.14. The highest BCUT2D eigenvalue weighted by Gasteiger charge is 2.08. The van der Waals surface area contributed by atoms with Crippen LogP contribution in [0.15, 0.2) is 18.2 Å². The Hall–Kier alpha value is -1.53. The molecule has 0 spiro atoms. The van der Waals surface area contributed by atoms with Crippen LogP contribution in [0.1, 0.15) is 0 Å². The van der Waals surface area contributed by atoms with E-state index in [1.165, 1.54) is 0 Å². The molecule has 5 nitrogen and oxygen atoms in total. The molecule has 1 aliphatic heterocycles. The lowest BCUT2D eigenvalue weighted by Gasteiger charge is -2.04. The van der Waals surface area contributed by atoms with Crippen LogP contribution in [0.3, 0.4) is 0 Å². The minimum Gasteiger partial charge on any atom is -0.376 e. The molecule has 0 amide bonds. The van der Waals surface area contributed by atoms with Gasteiger partial charge in [-0.1, -0.05) is 0 Å². The Balaban J connectivity index is 2.25. The molecule has 0 aliphatic carbocycles. The lowest BCUT2D eigenvalue weighted by Crippen LogP contribution is -2.19. The lowest BCUT2D eigenvalue weighted by molar-refractivity contribution is 1.01. The second kappa shape index (κ2) is 3.08. The molecular formula is C7H9N5S. The standard InChI is InChI=1S/C7H9N5S/c8-7(13)9-4-1-2-5-6(3-4)11-12-10-5/h1-3,10-12H,(H3,8,9,13). The summed E-state index contributed by atoms with van der Waals surface area (Å²) in [5.74, 6) is 0. The van der Waals surface area contributed by atoms with Crippen LogP contribution in [0, 0.1) is 0 Å². The molecule has 0 fully saturated rings. The summed E-state index contributed by atoms with van der Waals surface area (Å²) in [6, 6.07) is 5.71. The normalized spacial score (nSPS) is 12.6. The van der Waals surface area contributed by atoms with Gasteiger partial charge in [-0.2, -0.15) is 0 Å². The summed E-state index contributed by atoms with van der Waals surface area (Å²) < 4.78 is 0. The van der Waals surface area contributed by atoms with Gasteiger partial charge < -0.3 is 21.9 Å². The van der Waals surface area contributed by atoms with Crippen LogP contribution in [0.5, 0.6) is 0 Å². The monoisotopic (exact) mass is 195 g/mol. The van der Waals surface area contributed by atoms with Gasteiger partial charge in [-0.3, -0.25) is 0 Å². The van der Waals surface area contributed by atoms with Gasteiger partial charge in [0, 0.05) is 5.69 Å². The molecular weight excluding hydrogens is 186 g/mol. The molecule has 6 heteroatoms. The number of hydrazine groups is 2. The first-order chi connectivity index (χ1) is 6.25. The van der Waals surface area contributed by atoms with Crippen molar-refractivity contribution in [3.63, 3.8) is 0 Å². The van der Waals surface area contributed by atoms with Gasteiger partial charge >= 0.3 is 0 Å². The first-order valence-electron chi connectivity index (χ1n) is 3.73. The molecule has 1 heterocycles. The maximum atomic E-state index is 5.34. The van der Waals surface area contributed by atoms with E-state index in [1.807, 2.05) is 18.2 Å². The number of anilines is 3. The van der Waals surface area contributed by atoms with E-state index in [2.05, 4.69) is 21.7 Å². The zero-order valence-corrected chi connectivity index (χ0v) is 7.53. The van der Waals surface area contributed by atoms with Gasteiger partial charge in [0.1, 0.15) is 0 Å². The average Bonchev–Trinajstić information content (AvgIpc) is 2.49. The Morgan fingerprint density at radius 2 is 2.08 bits per heavy atom. The van der Waals surface area contributed by atoms with E-state index in [1.54, 1.807) is 0 Å². The third kappa shape index (κ3) is 1.63. The molecule has 1 aromatic rings. The van der Waals surface area contributed by atoms with E-state index in [0.717, 1.165) is 17.1 Å². The summed E-state index contributed by atoms with van der Waals surface area (Å²) in [6.45, 7) is 0. The van der Waals surface area contributed by atoms with E-state index in [-0.39, 0.29) is 5.11 Å². The average molecular weight is 195 g/mol. The van der Waals surface area contributed by atoms with E-state index in [4.69, 9.17) is 18.0 Å². The molecule has 0 saturated carbocycles. The quantitative estimate of drug-likeness (QED) is 0.423. The van der Waals surface area contributed by atoms with E-state index < -0.39 is 0 Å². The van der Waals surface area contributed by atoms with Crippen molar-refractivity contribution in [1.82, 2.24) is 5.53 Å². The number of fused-ring (bicyclic) bond motifs is 1. The Morgan fingerprint density at radius 1 is 1.31 bits per heavy atom. The van der Waals surface area contributed by atoms with Crippen LogP contribution in [-0.4, -0.2) is 5.11 Å². The van der Waals surface area contributed by atoms with Gasteiger partial charge in [0.15, 0.2) is 5.11 Å². The maximum absolute atomic E-state index is 5.34. The highest BCUT2D eigenvalue weighted by molar-refractivity contribution is 7.80. The van der Waals surface area contributed by atoms with E-state index in [9.17, 15) is 0 Å². The largest absolute Gasteiger partial charge is 0.376 e. The fourth-order valence-corrected chi connectivity index (χ4v) is 1.26. The topological polar surface area (TPSA) is 74.1 Å². The highest BCUT2D eigenvalue weighted by Crippen LogP contribution is 2.27. The van der Waals surface area contributed by atoms with Gasteiger partial charge in [-0.15, -0.1) is 5.53 Å². The molecule has 2 rings (SSSR count). The number of rotatable bonds is 1. The summed E-state index contributed by atoms with van der Waals surface area (Å²) >= 11 is 4.72. The Labute approximate surface area is 80.6 Å². The minimum absolute atomic E-state index is 0.263. The number of nitrogens with one attached hydrogen (secondary N) is 4. The van der Waals surface area contributed by atoms with Crippen molar-refractivity contribution < 1.29 is 0 Å². The van der Waals surface area contributed by atoms with Crippen LogP contribution < -0.4 is 27.4 Å². The summed E-state index contributed by atoms with van der Waals surface area (Å²) in [7, 11) is 0. The zero-order valence-electron chi connectivity index (χ0n) is 6.72. The molecule has 0 saturated heterocycles. The van der Waals surface area contributed by atoms with Crippen LogP contribution in [0.4, 0.5) is 17.1 Å². The molecule has 1 aromatic carbocycles. The SMILES string of the molecule is NC(=S)Nc1ccc2c(c1)NNN2. The van der Waals surface area contributed by atoms with Crippen molar-refractivity contribution in [2.75, 3.05) is 16.2 Å². The Bertz CT molecular complexity index is 351. The van der Waals surface area contributed by atoms with E-state index in [0.29, 0.717) is 0 Å². The maximum Gasteiger partial charge on any atom is 0.168 e. The summed E-state index contributed by atoms with van der Waals surface area (Å²) in [6.07, 6.45) is 0. The molecule has 13 heavy (non-hydrogen) atoms. The minimum atomic E-state index is 0.263. The van der Waals surface area contributed by atoms with E-state index >= 15 is 0 Å².